The van der Waals surface area contributed by atoms with E-state index in [0.29, 0.717) is 19.4 Å². The van der Waals surface area contributed by atoms with Gasteiger partial charge in [-0.1, -0.05) is 385 Å². The number of carbonyl (C=O) groups is 2. The quantitative estimate of drug-likeness (QED) is 0.0320. The van der Waals surface area contributed by atoms with Crippen molar-refractivity contribution in [1.82, 2.24) is 5.32 Å². The predicted molar refractivity (Wildman–Crippen MR) is 366 cm³/mol. The Labute approximate surface area is 520 Å². The zero-order valence-electron chi connectivity index (χ0n) is 56.5. The Hall–Kier alpha value is -1.66. The van der Waals surface area contributed by atoms with Crippen molar-refractivity contribution in [3.8, 4) is 0 Å². The molecule has 2 atom stereocenters. The number of allylic oxidation sites excluding steroid dienone is 3. The summed E-state index contributed by atoms with van der Waals surface area (Å²) in [6, 6.07) is -0.626. The van der Waals surface area contributed by atoms with Gasteiger partial charge < -0.3 is 20.3 Å². The van der Waals surface area contributed by atoms with Crippen molar-refractivity contribution >= 4 is 11.9 Å². The maximum atomic E-state index is 12.5. The summed E-state index contributed by atoms with van der Waals surface area (Å²) < 4.78 is 5.50. The molecule has 0 heterocycles. The van der Waals surface area contributed by atoms with Gasteiger partial charge >= 0.3 is 5.97 Å². The lowest BCUT2D eigenvalue weighted by Crippen LogP contribution is -2.45. The highest BCUT2D eigenvalue weighted by atomic mass is 16.5. The van der Waals surface area contributed by atoms with Crippen LogP contribution in [0.15, 0.2) is 24.3 Å². The fourth-order valence-corrected chi connectivity index (χ4v) is 12.2. The maximum Gasteiger partial charge on any atom is 0.305 e. The van der Waals surface area contributed by atoms with E-state index in [1.54, 1.807) is 6.08 Å². The Balaban J connectivity index is 3.36. The second-order valence-corrected chi connectivity index (χ2v) is 26.3. The molecule has 0 radical (unpaired) electrons. The van der Waals surface area contributed by atoms with Gasteiger partial charge in [-0.2, -0.15) is 0 Å². The Morgan fingerprint density at radius 1 is 0.325 bits per heavy atom. The van der Waals surface area contributed by atoms with E-state index in [-0.39, 0.29) is 18.5 Å². The highest BCUT2D eigenvalue weighted by Crippen LogP contribution is 2.19. The molecule has 2 unspecified atom stereocenters. The molecule has 3 N–H and O–H groups in total. The third-order valence-electron chi connectivity index (χ3n) is 18.0. The van der Waals surface area contributed by atoms with E-state index < -0.39 is 12.1 Å². The number of ether oxygens (including phenoxy) is 1. The van der Waals surface area contributed by atoms with Crippen LogP contribution in [0.1, 0.15) is 431 Å². The van der Waals surface area contributed by atoms with Crippen LogP contribution in [0.5, 0.6) is 0 Å². The first-order chi connectivity index (χ1) is 41.0. The Morgan fingerprint density at radius 2 is 0.566 bits per heavy atom. The lowest BCUT2D eigenvalue weighted by atomic mass is 10.0. The molecule has 1 amide bonds. The van der Waals surface area contributed by atoms with Crippen molar-refractivity contribution in [1.29, 1.82) is 0 Å². The monoisotopic (exact) mass is 1170 g/mol. The highest BCUT2D eigenvalue weighted by Gasteiger charge is 2.18. The molecule has 0 aliphatic heterocycles. The second-order valence-electron chi connectivity index (χ2n) is 26.3. The first-order valence-corrected chi connectivity index (χ1v) is 38.1. The molecule has 492 valence electrons. The van der Waals surface area contributed by atoms with Crippen LogP contribution in [-0.2, 0) is 14.3 Å². The molecule has 0 saturated heterocycles. The summed E-state index contributed by atoms with van der Waals surface area (Å²) in [7, 11) is 0. The molecule has 6 nitrogen and oxygen atoms in total. The van der Waals surface area contributed by atoms with Gasteiger partial charge in [-0.25, -0.2) is 0 Å². The molecule has 0 aromatic rings. The minimum Gasteiger partial charge on any atom is -0.466 e. The number of carbonyl (C=O) groups excluding carboxylic acids is 2. The number of aliphatic hydroxyl groups excluding tert-OH is 2. The van der Waals surface area contributed by atoms with E-state index >= 15 is 0 Å². The number of amides is 1. The van der Waals surface area contributed by atoms with Crippen LogP contribution in [0, 0.1) is 0 Å². The van der Waals surface area contributed by atoms with Gasteiger partial charge in [-0.3, -0.25) is 9.59 Å². The van der Waals surface area contributed by atoms with Gasteiger partial charge in [0.05, 0.1) is 25.4 Å². The van der Waals surface area contributed by atoms with Gasteiger partial charge in [-0.05, 0) is 57.8 Å². The van der Waals surface area contributed by atoms with Crippen LogP contribution < -0.4 is 5.32 Å². The topological polar surface area (TPSA) is 95.9 Å². The molecular formula is C77H149NO5. The Kier molecular flexibility index (Phi) is 71.4. The minimum absolute atomic E-state index is 0.0217. The lowest BCUT2D eigenvalue weighted by molar-refractivity contribution is -0.143. The normalized spacial score (nSPS) is 12.6. The predicted octanol–water partition coefficient (Wildman–Crippen LogP) is 24.9. The molecule has 0 aromatic heterocycles. The van der Waals surface area contributed by atoms with E-state index in [9.17, 15) is 19.8 Å². The molecule has 0 rings (SSSR count). The zero-order chi connectivity index (χ0) is 59.9. The number of aliphatic hydroxyl groups is 2. The van der Waals surface area contributed by atoms with Gasteiger partial charge in [0.15, 0.2) is 0 Å². The summed E-state index contributed by atoms with van der Waals surface area (Å²) in [5.41, 5.74) is 0. The first-order valence-electron chi connectivity index (χ1n) is 38.1. The maximum absolute atomic E-state index is 12.5. The Morgan fingerprint density at radius 3 is 0.855 bits per heavy atom. The van der Waals surface area contributed by atoms with Gasteiger partial charge in [0, 0.05) is 12.8 Å². The van der Waals surface area contributed by atoms with Crippen molar-refractivity contribution in [3.05, 3.63) is 24.3 Å². The standard InChI is InChI=1S/C77H149NO5/c1-3-5-7-9-11-13-15-17-19-20-35-38-42-45-49-53-57-61-65-69-75(80)74(73-79)78-76(81)70-66-62-58-54-50-46-43-39-36-33-31-29-27-25-23-21-22-24-26-28-30-32-34-37-40-44-48-52-56-60-64-68-72-83-77(82)71-67-63-59-55-51-47-41-18-16-14-12-10-8-6-4-2/h24,26,65,69,74-75,79-80H,3-23,25,27-64,66-68,70-73H2,1-2H3,(H,78,81)/b26-24-,69-65+. The number of hydrogen-bond acceptors (Lipinski definition) is 5. The van der Waals surface area contributed by atoms with Gasteiger partial charge in [-0.15, -0.1) is 0 Å². The van der Waals surface area contributed by atoms with E-state index in [0.717, 1.165) is 38.5 Å². The number of esters is 1. The summed E-state index contributed by atoms with van der Waals surface area (Å²) in [5, 5.41) is 23.2. The largest absolute Gasteiger partial charge is 0.466 e. The first kappa shape index (κ1) is 81.3. The van der Waals surface area contributed by atoms with Crippen molar-refractivity contribution in [2.24, 2.45) is 0 Å². The molecule has 0 bridgehead atoms. The summed E-state index contributed by atoms with van der Waals surface area (Å²) >= 11 is 0. The molecular weight excluding hydrogens is 1020 g/mol. The summed E-state index contributed by atoms with van der Waals surface area (Å²) in [4.78, 5) is 24.6. The molecule has 6 heteroatoms. The SMILES string of the molecule is CCCCCCCCCCCCCCCCCCC/C=C/C(O)C(CO)NC(=O)CCCCCCCCCCCCCCCCCC/C=C\CCCCCCCCCCCCCCOC(=O)CCCCCCCCCCCCCCCCC. The number of unbranched alkanes of at least 4 members (excludes halogenated alkanes) is 59. The van der Waals surface area contributed by atoms with Crippen molar-refractivity contribution in [2.45, 2.75) is 443 Å². The van der Waals surface area contributed by atoms with Crippen LogP contribution in [-0.4, -0.2) is 47.4 Å². The lowest BCUT2D eigenvalue weighted by Gasteiger charge is -2.20. The van der Waals surface area contributed by atoms with Crippen molar-refractivity contribution in [3.63, 3.8) is 0 Å². The molecule has 0 saturated carbocycles. The molecule has 0 aliphatic carbocycles. The molecule has 0 aromatic carbocycles. The van der Waals surface area contributed by atoms with Crippen LogP contribution in [0.2, 0.25) is 0 Å². The fraction of sp³-hybridized carbons (Fsp3) is 0.922. The summed E-state index contributed by atoms with van der Waals surface area (Å²) in [5.74, 6) is -0.0395. The van der Waals surface area contributed by atoms with Gasteiger partial charge in [0.1, 0.15) is 0 Å². The fourth-order valence-electron chi connectivity index (χ4n) is 12.2. The molecule has 83 heavy (non-hydrogen) atoms. The average Bonchev–Trinajstić information content (AvgIpc) is 3.49. The van der Waals surface area contributed by atoms with Gasteiger partial charge in [0.2, 0.25) is 5.91 Å². The molecule has 0 aliphatic rings. The van der Waals surface area contributed by atoms with E-state index in [1.807, 2.05) is 6.08 Å². The Bertz CT molecular complexity index is 1300. The number of hydrogen-bond donors (Lipinski definition) is 3. The van der Waals surface area contributed by atoms with E-state index in [1.165, 1.54) is 366 Å². The average molecular weight is 1170 g/mol. The second kappa shape index (κ2) is 72.8. The molecule has 0 spiro atoms. The third kappa shape index (κ3) is 69.3. The van der Waals surface area contributed by atoms with Crippen molar-refractivity contribution in [2.75, 3.05) is 13.2 Å². The summed E-state index contributed by atoms with van der Waals surface area (Å²) in [6.07, 6.45) is 92.9. The van der Waals surface area contributed by atoms with E-state index in [4.69, 9.17) is 4.74 Å². The van der Waals surface area contributed by atoms with Crippen LogP contribution in [0.4, 0.5) is 0 Å². The van der Waals surface area contributed by atoms with E-state index in [2.05, 4.69) is 31.3 Å². The van der Waals surface area contributed by atoms with Gasteiger partial charge in [0.25, 0.3) is 0 Å². The van der Waals surface area contributed by atoms with Crippen LogP contribution in [0.25, 0.3) is 0 Å². The smallest absolute Gasteiger partial charge is 0.305 e. The van der Waals surface area contributed by atoms with Crippen LogP contribution >= 0.6 is 0 Å². The van der Waals surface area contributed by atoms with Crippen LogP contribution in [0.3, 0.4) is 0 Å². The zero-order valence-corrected chi connectivity index (χ0v) is 56.5. The third-order valence-corrected chi connectivity index (χ3v) is 18.0. The van der Waals surface area contributed by atoms with Crippen molar-refractivity contribution < 1.29 is 24.5 Å². The molecule has 0 fully saturated rings. The number of nitrogens with one attached hydrogen (secondary N) is 1. The summed E-state index contributed by atoms with van der Waals surface area (Å²) in [6.45, 7) is 4.95. The number of rotatable bonds is 72. The highest BCUT2D eigenvalue weighted by molar-refractivity contribution is 5.76. The minimum atomic E-state index is -0.843.